The Hall–Kier alpha value is -1.60. The second kappa shape index (κ2) is 4.50. The van der Waals surface area contributed by atoms with Gasteiger partial charge in [-0.1, -0.05) is 43.6 Å². The topological polar surface area (TPSA) is 12.4 Å². The minimum Gasteiger partial charge on any atom is -0.261 e. The van der Waals surface area contributed by atoms with Crippen molar-refractivity contribution < 1.29 is 0 Å². The molecule has 0 unspecified atom stereocenters. The summed E-state index contributed by atoms with van der Waals surface area (Å²) in [7, 11) is 0. The normalized spacial score (nSPS) is 16.2. The lowest BCUT2D eigenvalue weighted by Crippen LogP contribution is -2.20. The lowest BCUT2D eigenvalue weighted by atomic mass is 9.78. The lowest BCUT2D eigenvalue weighted by Gasteiger charge is -2.28. The summed E-state index contributed by atoms with van der Waals surface area (Å²) in [4.78, 5) is 4.49. The standard InChI is InChI=1S/C17H16ClN/c1-17(2)8-9-19-16-7-6-13(11-15(16)17)12-4-3-5-14(18)10-12/h3-7,9-11H,8H2,1-2H3. The molecule has 0 spiro atoms. The Bertz CT molecular complexity index is 656. The van der Waals surface area contributed by atoms with Gasteiger partial charge in [-0.05, 0) is 52.8 Å². The highest BCUT2D eigenvalue weighted by atomic mass is 35.5. The Morgan fingerprint density at radius 2 is 1.84 bits per heavy atom. The van der Waals surface area contributed by atoms with Crippen LogP contribution in [0, 0.1) is 0 Å². The van der Waals surface area contributed by atoms with Crippen LogP contribution in [0.25, 0.3) is 11.1 Å². The third-order valence-electron chi connectivity index (χ3n) is 3.72. The van der Waals surface area contributed by atoms with E-state index in [9.17, 15) is 0 Å². The Labute approximate surface area is 119 Å². The average Bonchev–Trinajstić information content (AvgIpc) is 2.38. The van der Waals surface area contributed by atoms with Gasteiger partial charge in [0, 0.05) is 11.2 Å². The maximum absolute atomic E-state index is 6.07. The lowest BCUT2D eigenvalue weighted by molar-refractivity contribution is 0.549. The molecule has 2 aromatic rings. The van der Waals surface area contributed by atoms with Crippen molar-refractivity contribution in [3.8, 4) is 11.1 Å². The van der Waals surface area contributed by atoms with Gasteiger partial charge in [-0.2, -0.15) is 0 Å². The van der Waals surface area contributed by atoms with Crippen molar-refractivity contribution in [3.63, 3.8) is 0 Å². The quantitative estimate of drug-likeness (QED) is 0.658. The largest absolute Gasteiger partial charge is 0.261 e. The molecule has 0 N–H and O–H groups in total. The first-order valence-corrected chi connectivity index (χ1v) is 6.87. The first-order valence-electron chi connectivity index (χ1n) is 6.49. The molecule has 1 heterocycles. The summed E-state index contributed by atoms with van der Waals surface area (Å²) < 4.78 is 0. The molecular formula is C17H16ClN. The molecule has 1 aliphatic heterocycles. The molecule has 1 aliphatic rings. The predicted molar refractivity (Wildman–Crippen MR) is 82.7 cm³/mol. The van der Waals surface area contributed by atoms with E-state index in [1.807, 2.05) is 24.4 Å². The van der Waals surface area contributed by atoms with E-state index in [1.165, 1.54) is 11.1 Å². The first-order chi connectivity index (χ1) is 9.06. The van der Waals surface area contributed by atoms with E-state index in [4.69, 9.17) is 11.6 Å². The Morgan fingerprint density at radius 1 is 1.05 bits per heavy atom. The zero-order valence-corrected chi connectivity index (χ0v) is 11.9. The van der Waals surface area contributed by atoms with Gasteiger partial charge >= 0.3 is 0 Å². The number of rotatable bonds is 1. The molecule has 0 radical (unpaired) electrons. The smallest absolute Gasteiger partial charge is 0.0663 e. The highest BCUT2D eigenvalue weighted by Crippen LogP contribution is 2.39. The van der Waals surface area contributed by atoms with Crippen molar-refractivity contribution in [2.45, 2.75) is 25.7 Å². The number of halogens is 1. The summed E-state index contributed by atoms with van der Waals surface area (Å²) in [6, 6.07) is 14.4. The van der Waals surface area contributed by atoms with Gasteiger partial charge in [0.25, 0.3) is 0 Å². The summed E-state index contributed by atoms with van der Waals surface area (Å²) in [5.41, 5.74) is 4.90. The Balaban J connectivity index is 2.14. The number of nitrogens with zero attached hydrogens (tertiary/aromatic N) is 1. The van der Waals surface area contributed by atoms with E-state index in [-0.39, 0.29) is 5.41 Å². The van der Waals surface area contributed by atoms with Crippen molar-refractivity contribution in [3.05, 3.63) is 53.1 Å². The van der Waals surface area contributed by atoms with Crippen LogP contribution in [0.2, 0.25) is 5.02 Å². The summed E-state index contributed by atoms with van der Waals surface area (Å²) in [5, 5.41) is 0.771. The van der Waals surface area contributed by atoms with Gasteiger partial charge in [-0.15, -0.1) is 0 Å². The third kappa shape index (κ3) is 2.31. The summed E-state index contributed by atoms with van der Waals surface area (Å²) in [6.07, 6.45) is 3.00. The summed E-state index contributed by atoms with van der Waals surface area (Å²) in [6.45, 7) is 4.53. The van der Waals surface area contributed by atoms with Crippen LogP contribution >= 0.6 is 11.6 Å². The van der Waals surface area contributed by atoms with Gasteiger partial charge in [-0.3, -0.25) is 4.99 Å². The zero-order valence-electron chi connectivity index (χ0n) is 11.2. The molecule has 0 aliphatic carbocycles. The van der Waals surface area contributed by atoms with Crippen LogP contribution < -0.4 is 0 Å². The molecule has 0 saturated carbocycles. The molecule has 0 saturated heterocycles. The van der Waals surface area contributed by atoms with Crippen LogP contribution in [0.4, 0.5) is 5.69 Å². The van der Waals surface area contributed by atoms with Gasteiger partial charge in [0.15, 0.2) is 0 Å². The molecule has 0 amide bonds. The molecule has 0 bridgehead atoms. The van der Waals surface area contributed by atoms with Crippen molar-refractivity contribution in [2.24, 2.45) is 4.99 Å². The van der Waals surface area contributed by atoms with Crippen LogP contribution in [0.3, 0.4) is 0 Å². The van der Waals surface area contributed by atoms with E-state index in [0.29, 0.717) is 0 Å². The van der Waals surface area contributed by atoms with Crippen LogP contribution in [-0.4, -0.2) is 6.21 Å². The fourth-order valence-corrected chi connectivity index (χ4v) is 2.71. The minimum absolute atomic E-state index is 0.145. The fourth-order valence-electron chi connectivity index (χ4n) is 2.52. The number of fused-ring (bicyclic) bond motifs is 1. The van der Waals surface area contributed by atoms with Crippen molar-refractivity contribution >= 4 is 23.5 Å². The Morgan fingerprint density at radius 3 is 2.63 bits per heavy atom. The van der Waals surface area contributed by atoms with Gasteiger partial charge < -0.3 is 0 Å². The van der Waals surface area contributed by atoms with Crippen LogP contribution in [0.5, 0.6) is 0 Å². The van der Waals surface area contributed by atoms with Gasteiger partial charge in [0.05, 0.1) is 5.69 Å². The summed E-state index contributed by atoms with van der Waals surface area (Å²) in [5.74, 6) is 0. The summed E-state index contributed by atoms with van der Waals surface area (Å²) >= 11 is 6.07. The van der Waals surface area contributed by atoms with Crippen molar-refractivity contribution in [1.29, 1.82) is 0 Å². The SMILES string of the molecule is CC1(C)CC=Nc2ccc(-c3cccc(Cl)c3)cc21. The van der Waals surface area contributed by atoms with Gasteiger partial charge in [0.2, 0.25) is 0 Å². The van der Waals surface area contributed by atoms with E-state index in [0.717, 1.165) is 22.7 Å². The van der Waals surface area contributed by atoms with E-state index in [2.05, 4.69) is 43.1 Å². The van der Waals surface area contributed by atoms with Crippen molar-refractivity contribution in [1.82, 2.24) is 0 Å². The average molecular weight is 270 g/mol. The van der Waals surface area contributed by atoms with E-state index >= 15 is 0 Å². The number of aliphatic imine (C=N–C) groups is 1. The molecule has 19 heavy (non-hydrogen) atoms. The maximum Gasteiger partial charge on any atom is 0.0663 e. The minimum atomic E-state index is 0.145. The Kier molecular flexibility index (Phi) is 2.94. The van der Waals surface area contributed by atoms with Gasteiger partial charge in [0.1, 0.15) is 0 Å². The molecule has 96 valence electrons. The van der Waals surface area contributed by atoms with Gasteiger partial charge in [-0.25, -0.2) is 0 Å². The molecule has 3 rings (SSSR count). The number of benzene rings is 2. The van der Waals surface area contributed by atoms with Crippen LogP contribution in [0.15, 0.2) is 47.5 Å². The van der Waals surface area contributed by atoms with Crippen molar-refractivity contribution in [2.75, 3.05) is 0 Å². The number of hydrogen-bond acceptors (Lipinski definition) is 1. The molecule has 1 nitrogen and oxygen atoms in total. The van der Waals surface area contributed by atoms with Crippen LogP contribution in [-0.2, 0) is 5.41 Å². The van der Waals surface area contributed by atoms with Crippen LogP contribution in [0.1, 0.15) is 25.8 Å². The second-order valence-corrected chi connectivity index (χ2v) is 6.08. The molecular weight excluding hydrogens is 254 g/mol. The highest BCUT2D eigenvalue weighted by molar-refractivity contribution is 6.30. The molecule has 0 fully saturated rings. The molecule has 0 atom stereocenters. The maximum atomic E-state index is 6.07. The molecule has 0 aromatic heterocycles. The molecule has 2 heteroatoms. The van der Waals surface area contributed by atoms with E-state index < -0.39 is 0 Å². The first kappa shape index (κ1) is 12.4. The third-order valence-corrected chi connectivity index (χ3v) is 3.95. The van der Waals surface area contributed by atoms with E-state index in [1.54, 1.807) is 0 Å². The predicted octanol–water partition coefficient (Wildman–Crippen LogP) is 5.39. The molecule has 2 aromatic carbocycles. The number of hydrogen-bond donors (Lipinski definition) is 0. The zero-order chi connectivity index (χ0) is 13.5. The second-order valence-electron chi connectivity index (χ2n) is 5.64. The highest BCUT2D eigenvalue weighted by Gasteiger charge is 2.25. The monoisotopic (exact) mass is 269 g/mol. The fraction of sp³-hybridized carbons (Fsp3) is 0.235.